The van der Waals surface area contributed by atoms with Crippen molar-refractivity contribution in [3.63, 3.8) is 0 Å². The lowest BCUT2D eigenvalue weighted by molar-refractivity contribution is 0.319. The molecule has 4 heteroatoms. The van der Waals surface area contributed by atoms with Gasteiger partial charge in [0, 0.05) is 10.9 Å². The zero-order valence-electron chi connectivity index (χ0n) is 9.59. The van der Waals surface area contributed by atoms with Crippen LogP contribution in [0.3, 0.4) is 0 Å². The van der Waals surface area contributed by atoms with Gasteiger partial charge in [0.1, 0.15) is 0 Å². The van der Waals surface area contributed by atoms with Crippen molar-refractivity contribution < 1.29 is 0 Å². The standard InChI is InChI=1S/C12H17BrClNS/c1-7-4-3-5-8(7)11(15-2)10-6-9(14)12(13)16-10/h6-8,11,15H,3-5H2,1-2H3. The van der Waals surface area contributed by atoms with E-state index in [1.54, 1.807) is 11.3 Å². The maximum atomic E-state index is 6.11. The molecule has 2 rings (SSSR count). The van der Waals surface area contributed by atoms with Crippen LogP contribution in [0.4, 0.5) is 0 Å². The van der Waals surface area contributed by atoms with Gasteiger partial charge in [0.15, 0.2) is 0 Å². The molecule has 1 aromatic heterocycles. The second-order valence-electron chi connectivity index (χ2n) is 4.61. The smallest absolute Gasteiger partial charge is 0.0887 e. The molecular weight excluding hydrogens is 306 g/mol. The Hall–Kier alpha value is 0.430. The van der Waals surface area contributed by atoms with Crippen molar-refractivity contribution in [2.24, 2.45) is 11.8 Å². The van der Waals surface area contributed by atoms with Gasteiger partial charge in [-0.1, -0.05) is 31.4 Å². The van der Waals surface area contributed by atoms with Crippen molar-refractivity contribution in [2.75, 3.05) is 7.05 Å². The summed E-state index contributed by atoms with van der Waals surface area (Å²) >= 11 is 11.4. The maximum Gasteiger partial charge on any atom is 0.0887 e. The van der Waals surface area contributed by atoms with E-state index in [2.05, 4.69) is 41.3 Å². The van der Waals surface area contributed by atoms with Gasteiger partial charge >= 0.3 is 0 Å². The molecule has 0 aromatic carbocycles. The third kappa shape index (κ3) is 2.47. The van der Waals surface area contributed by atoms with Crippen molar-refractivity contribution in [3.8, 4) is 0 Å². The molecule has 1 fully saturated rings. The van der Waals surface area contributed by atoms with Crippen LogP contribution in [0.2, 0.25) is 5.02 Å². The summed E-state index contributed by atoms with van der Waals surface area (Å²) in [6, 6.07) is 2.56. The minimum absolute atomic E-state index is 0.464. The van der Waals surface area contributed by atoms with Gasteiger partial charge in [0.25, 0.3) is 0 Å². The Labute approximate surface area is 115 Å². The van der Waals surface area contributed by atoms with Gasteiger partial charge in [-0.2, -0.15) is 0 Å². The summed E-state index contributed by atoms with van der Waals surface area (Å²) in [6.45, 7) is 2.37. The lowest BCUT2D eigenvalue weighted by atomic mass is 9.89. The predicted octanol–water partition coefficient (Wildman–Crippen LogP) is 4.86. The lowest BCUT2D eigenvalue weighted by Crippen LogP contribution is -2.26. The highest BCUT2D eigenvalue weighted by atomic mass is 79.9. The van der Waals surface area contributed by atoms with Gasteiger partial charge in [0.2, 0.25) is 0 Å². The van der Waals surface area contributed by atoms with Crippen LogP contribution in [0.25, 0.3) is 0 Å². The Balaban J connectivity index is 2.21. The highest BCUT2D eigenvalue weighted by molar-refractivity contribution is 9.11. The fraction of sp³-hybridized carbons (Fsp3) is 0.667. The Morgan fingerprint density at radius 3 is 2.75 bits per heavy atom. The minimum atomic E-state index is 0.464. The van der Waals surface area contributed by atoms with Crippen LogP contribution in [-0.2, 0) is 0 Å². The molecule has 0 spiro atoms. The number of hydrogen-bond donors (Lipinski definition) is 1. The molecule has 0 bridgehead atoms. The zero-order valence-corrected chi connectivity index (χ0v) is 12.8. The quantitative estimate of drug-likeness (QED) is 0.838. The fourth-order valence-electron chi connectivity index (χ4n) is 2.75. The monoisotopic (exact) mass is 321 g/mol. The van der Waals surface area contributed by atoms with Crippen LogP contribution in [0.15, 0.2) is 9.85 Å². The first-order chi connectivity index (χ1) is 7.63. The van der Waals surface area contributed by atoms with E-state index in [1.807, 2.05) is 0 Å². The molecule has 16 heavy (non-hydrogen) atoms. The molecule has 0 saturated heterocycles. The molecule has 1 aliphatic rings. The molecule has 0 aliphatic heterocycles. The molecule has 1 N–H and O–H groups in total. The topological polar surface area (TPSA) is 12.0 Å². The van der Waals surface area contributed by atoms with E-state index in [1.165, 1.54) is 24.1 Å². The molecule has 1 heterocycles. The van der Waals surface area contributed by atoms with Crippen LogP contribution in [-0.4, -0.2) is 7.05 Å². The Bertz CT molecular complexity index is 346. The molecule has 1 nitrogen and oxygen atoms in total. The Morgan fingerprint density at radius 1 is 1.56 bits per heavy atom. The van der Waals surface area contributed by atoms with Gasteiger partial charge in [-0.25, -0.2) is 0 Å². The summed E-state index contributed by atoms with van der Waals surface area (Å²) in [6.07, 6.45) is 4.06. The number of rotatable bonds is 3. The molecule has 1 aromatic rings. The second-order valence-corrected chi connectivity index (χ2v) is 7.42. The van der Waals surface area contributed by atoms with E-state index in [0.717, 1.165) is 20.6 Å². The SMILES string of the molecule is CNC(c1cc(Cl)c(Br)s1)C1CCCC1C. The molecule has 3 atom stereocenters. The van der Waals surface area contributed by atoms with E-state index < -0.39 is 0 Å². The average molecular weight is 323 g/mol. The summed E-state index contributed by atoms with van der Waals surface area (Å²) in [5.41, 5.74) is 0. The number of hydrogen-bond acceptors (Lipinski definition) is 2. The van der Waals surface area contributed by atoms with Crippen molar-refractivity contribution in [3.05, 3.63) is 19.8 Å². The fourth-order valence-corrected chi connectivity index (χ4v) is 4.69. The van der Waals surface area contributed by atoms with Crippen molar-refractivity contribution in [1.82, 2.24) is 5.32 Å². The largest absolute Gasteiger partial charge is 0.312 e. The molecule has 0 radical (unpaired) electrons. The minimum Gasteiger partial charge on any atom is -0.312 e. The zero-order chi connectivity index (χ0) is 11.7. The molecule has 0 amide bonds. The molecule has 1 aliphatic carbocycles. The summed E-state index contributed by atoms with van der Waals surface area (Å²) in [5, 5.41) is 4.30. The van der Waals surface area contributed by atoms with E-state index in [9.17, 15) is 0 Å². The first kappa shape index (κ1) is 12.9. The third-order valence-electron chi connectivity index (χ3n) is 3.64. The second kappa shape index (κ2) is 5.38. The van der Waals surface area contributed by atoms with Crippen molar-refractivity contribution in [1.29, 1.82) is 0 Å². The van der Waals surface area contributed by atoms with Crippen molar-refractivity contribution in [2.45, 2.75) is 32.2 Å². The van der Waals surface area contributed by atoms with E-state index in [-0.39, 0.29) is 0 Å². The first-order valence-electron chi connectivity index (χ1n) is 5.75. The molecule has 3 unspecified atom stereocenters. The number of thiophene rings is 1. The van der Waals surface area contributed by atoms with Crippen LogP contribution < -0.4 is 5.32 Å². The first-order valence-corrected chi connectivity index (χ1v) is 7.74. The van der Waals surface area contributed by atoms with Gasteiger partial charge in [-0.3, -0.25) is 0 Å². The van der Waals surface area contributed by atoms with Crippen molar-refractivity contribution >= 4 is 38.9 Å². The molecular formula is C12H17BrClNS. The Morgan fingerprint density at radius 2 is 2.31 bits per heavy atom. The molecule has 1 saturated carbocycles. The normalized spacial score (nSPS) is 27.2. The van der Waals surface area contributed by atoms with Gasteiger partial charge in [0.05, 0.1) is 8.81 Å². The highest BCUT2D eigenvalue weighted by Crippen LogP contribution is 2.44. The number of nitrogens with one attached hydrogen (secondary N) is 1. The average Bonchev–Trinajstić information content (AvgIpc) is 2.78. The maximum absolute atomic E-state index is 6.11. The summed E-state index contributed by atoms with van der Waals surface area (Å²) in [4.78, 5) is 1.36. The summed E-state index contributed by atoms with van der Waals surface area (Å²) in [7, 11) is 2.05. The van der Waals surface area contributed by atoms with Gasteiger partial charge in [-0.05, 0) is 47.3 Å². The van der Waals surface area contributed by atoms with E-state index >= 15 is 0 Å². The van der Waals surface area contributed by atoms with Crippen LogP contribution in [0.5, 0.6) is 0 Å². The Kier molecular flexibility index (Phi) is 4.33. The summed E-state index contributed by atoms with van der Waals surface area (Å²) < 4.78 is 1.05. The summed E-state index contributed by atoms with van der Waals surface area (Å²) in [5.74, 6) is 1.57. The van der Waals surface area contributed by atoms with Gasteiger partial charge in [-0.15, -0.1) is 11.3 Å². The lowest BCUT2D eigenvalue weighted by Gasteiger charge is -2.25. The van der Waals surface area contributed by atoms with Crippen LogP contribution >= 0.6 is 38.9 Å². The third-order valence-corrected chi connectivity index (χ3v) is 6.20. The number of halogens is 2. The van der Waals surface area contributed by atoms with Crippen LogP contribution in [0, 0.1) is 11.8 Å². The van der Waals surface area contributed by atoms with E-state index in [0.29, 0.717) is 6.04 Å². The van der Waals surface area contributed by atoms with Crippen LogP contribution in [0.1, 0.15) is 37.1 Å². The van der Waals surface area contributed by atoms with E-state index in [4.69, 9.17) is 11.6 Å². The molecule has 90 valence electrons. The van der Waals surface area contributed by atoms with Gasteiger partial charge < -0.3 is 5.32 Å². The predicted molar refractivity (Wildman–Crippen MR) is 75.3 cm³/mol. The highest BCUT2D eigenvalue weighted by Gasteiger charge is 2.32.